The Balaban J connectivity index is 0.00000253. The van der Waals surface area contributed by atoms with Crippen molar-refractivity contribution < 1.29 is 28.3 Å². The van der Waals surface area contributed by atoms with Gasteiger partial charge >= 0.3 is 5.97 Å². The molecule has 2 aliphatic rings. The number of nitrogens with zero attached hydrogens (tertiary/aromatic N) is 1. The van der Waals surface area contributed by atoms with Crippen LogP contribution in [-0.2, 0) is 17.8 Å². The third-order valence-corrected chi connectivity index (χ3v) is 7.01. The number of esters is 1. The van der Waals surface area contributed by atoms with E-state index in [0.29, 0.717) is 17.9 Å². The smallest absolute Gasteiger partial charge is 0.311 e. The molecule has 0 unspecified atom stereocenters. The Labute approximate surface area is 210 Å². The summed E-state index contributed by atoms with van der Waals surface area (Å²) in [4.78, 5) is 12.7. The number of carbonyl (C=O) groups is 1. The molecule has 0 aliphatic carbocycles. The fourth-order valence-electron chi connectivity index (χ4n) is 5.36. The molecular weight excluding hydrogens is 466 g/mol. The van der Waals surface area contributed by atoms with Crippen LogP contribution in [0.2, 0.25) is 0 Å². The minimum Gasteiger partial charge on any atom is -0.493 e. The zero-order valence-electron chi connectivity index (χ0n) is 20.0. The zero-order chi connectivity index (χ0) is 23.2. The van der Waals surface area contributed by atoms with E-state index in [-0.39, 0.29) is 25.2 Å². The largest absolute Gasteiger partial charge is 0.493 e. The van der Waals surface area contributed by atoms with Gasteiger partial charge in [0.1, 0.15) is 0 Å². The number of hydrogen-bond acceptors (Lipinski definition) is 5. The molecular formula is C28H29ClNO5+. The van der Waals surface area contributed by atoms with E-state index in [9.17, 15) is 4.79 Å². The first kappa shape index (κ1) is 23.5. The molecule has 0 fully saturated rings. The number of rotatable bonds is 7. The van der Waals surface area contributed by atoms with Crippen molar-refractivity contribution in [2.24, 2.45) is 0 Å². The van der Waals surface area contributed by atoms with Crippen LogP contribution in [0.15, 0.2) is 36.5 Å². The zero-order valence-corrected chi connectivity index (χ0v) is 20.8. The van der Waals surface area contributed by atoms with Gasteiger partial charge in [0.05, 0.1) is 23.3 Å². The van der Waals surface area contributed by atoms with E-state index in [1.165, 1.54) is 16.5 Å². The SMILES string of the molecule is CCCCCCC(=O)Oc1c(OC)ccc2c1c[n+]1c3c2ccc2c4c(cc(c23)CC1)OCO4.Cl. The second-order valence-corrected chi connectivity index (χ2v) is 9.07. The van der Waals surface area contributed by atoms with E-state index in [0.717, 1.165) is 71.7 Å². The van der Waals surface area contributed by atoms with Crippen molar-refractivity contribution in [3.8, 4) is 23.0 Å². The van der Waals surface area contributed by atoms with Gasteiger partial charge in [-0.15, -0.1) is 12.4 Å². The number of aryl methyl sites for hydroxylation is 2. The van der Waals surface area contributed by atoms with Gasteiger partial charge in [-0.2, -0.15) is 4.57 Å². The summed E-state index contributed by atoms with van der Waals surface area (Å²) in [6.07, 6.45) is 7.56. The van der Waals surface area contributed by atoms with Gasteiger partial charge in [-0.1, -0.05) is 26.2 Å². The fourth-order valence-corrected chi connectivity index (χ4v) is 5.36. The number of aromatic nitrogens is 1. The van der Waals surface area contributed by atoms with Crippen LogP contribution < -0.4 is 23.5 Å². The molecule has 0 radical (unpaired) electrons. The van der Waals surface area contributed by atoms with Gasteiger partial charge in [-0.25, -0.2) is 0 Å². The van der Waals surface area contributed by atoms with Crippen molar-refractivity contribution >= 4 is 50.8 Å². The van der Waals surface area contributed by atoms with Crippen LogP contribution >= 0.6 is 12.4 Å². The first-order valence-electron chi connectivity index (χ1n) is 12.1. The number of fused-ring (bicyclic) bond motifs is 4. The molecule has 3 aromatic carbocycles. The number of pyridine rings is 1. The van der Waals surface area contributed by atoms with E-state index < -0.39 is 0 Å². The lowest BCUT2D eigenvalue weighted by Gasteiger charge is -2.18. The third-order valence-electron chi connectivity index (χ3n) is 7.01. The molecule has 0 saturated heterocycles. The molecule has 0 atom stereocenters. The maximum Gasteiger partial charge on any atom is 0.311 e. The Morgan fingerprint density at radius 1 is 1.03 bits per heavy atom. The highest BCUT2D eigenvalue weighted by molar-refractivity contribution is 6.17. The molecule has 3 heterocycles. The van der Waals surface area contributed by atoms with Crippen LogP contribution in [0.4, 0.5) is 0 Å². The Bertz CT molecular complexity index is 1470. The number of benzene rings is 3. The van der Waals surface area contributed by atoms with Crippen LogP contribution in [0.5, 0.6) is 23.0 Å². The lowest BCUT2D eigenvalue weighted by Crippen LogP contribution is -2.38. The van der Waals surface area contributed by atoms with E-state index in [1.54, 1.807) is 7.11 Å². The van der Waals surface area contributed by atoms with Crippen molar-refractivity contribution in [1.29, 1.82) is 0 Å². The van der Waals surface area contributed by atoms with Gasteiger partial charge in [0.25, 0.3) is 0 Å². The molecule has 7 heteroatoms. The molecule has 0 amide bonds. The molecule has 0 saturated carbocycles. The first-order chi connectivity index (χ1) is 16.7. The number of halogens is 1. The van der Waals surface area contributed by atoms with Crippen LogP contribution in [0.3, 0.4) is 0 Å². The number of unbranched alkanes of at least 4 members (excludes halogenated alkanes) is 3. The van der Waals surface area contributed by atoms with Gasteiger partial charge in [0, 0.05) is 23.6 Å². The van der Waals surface area contributed by atoms with E-state index >= 15 is 0 Å². The minimum atomic E-state index is -0.214. The lowest BCUT2D eigenvalue weighted by atomic mass is 9.93. The normalized spacial score (nSPS) is 13.4. The fraction of sp³-hybridized carbons (Fsp3) is 0.357. The summed E-state index contributed by atoms with van der Waals surface area (Å²) in [5.74, 6) is 2.51. The Morgan fingerprint density at radius 2 is 1.86 bits per heavy atom. The topological polar surface area (TPSA) is 57.9 Å². The standard InChI is InChI=1S/C28H28NO5.ClH/c1-3-4-5-6-7-24(30)34-28-21-15-29-13-12-17-14-23-27(33-16-32-23)20-9-8-19(26(29)25(17)20)18(21)10-11-22(28)31-2;/h8-11,14-15H,3-7,12-13,16H2,1-2H3;1H/q+1;. The van der Waals surface area contributed by atoms with E-state index in [4.69, 9.17) is 18.9 Å². The van der Waals surface area contributed by atoms with E-state index in [1.807, 2.05) is 6.07 Å². The number of methoxy groups -OCH3 is 1. The summed E-state index contributed by atoms with van der Waals surface area (Å²) in [7, 11) is 1.61. The van der Waals surface area contributed by atoms with Gasteiger partial charge in [0.15, 0.2) is 35.7 Å². The van der Waals surface area contributed by atoms with Crippen LogP contribution in [0, 0.1) is 0 Å². The molecule has 2 aliphatic heterocycles. The summed E-state index contributed by atoms with van der Waals surface area (Å²) in [5, 5.41) is 5.33. The Morgan fingerprint density at radius 3 is 2.69 bits per heavy atom. The van der Waals surface area contributed by atoms with Crippen LogP contribution in [-0.4, -0.2) is 19.9 Å². The van der Waals surface area contributed by atoms with Crippen molar-refractivity contribution in [3.63, 3.8) is 0 Å². The number of ether oxygens (including phenoxy) is 4. The van der Waals surface area contributed by atoms with Crippen molar-refractivity contribution in [2.45, 2.75) is 52.0 Å². The average Bonchev–Trinajstić information content (AvgIpc) is 3.33. The van der Waals surface area contributed by atoms with Gasteiger partial charge < -0.3 is 18.9 Å². The quantitative estimate of drug-likeness (QED) is 0.103. The van der Waals surface area contributed by atoms with Crippen LogP contribution in [0.25, 0.3) is 32.4 Å². The second kappa shape index (κ2) is 9.42. The van der Waals surface area contributed by atoms with Gasteiger partial charge in [-0.05, 0) is 42.3 Å². The second-order valence-electron chi connectivity index (χ2n) is 9.07. The summed E-state index contributed by atoms with van der Waals surface area (Å²) in [5.41, 5.74) is 2.45. The van der Waals surface area contributed by atoms with E-state index in [2.05, 4.69) is 42.0 Å². The predicted octanol–water partition coefficient (Wildman–Crippen LogP) is 6.02. The molecule has 35 heavy (non-hydrogen) atoms. The predicted molar refractivity (Wildman–Crippen MR) is 137 cm³/mol. The van der Waals surface area contributed by atoms with Gasteiger partial charge in [0.2, 0.25) is 12.3 Å². The number of carbonyl (C=O) groups excluding carboxylic acids is 1. The minimum absolute atomic E-state index is 0. The highest BCUT2D eigenvalue weighted by Crippen LogP contribution is 2.46. The molecule has 6 nitrogen and oxygen atoms in total. The highest BCUT2D eigenvalue weighted by Gasteiger charge is 2.30. The van der Waals surface area contributed by atoms with Crippen molar-refractivity contribution in [3.05, 3.63) is 42.1 Å². The third kappa shape index (κ3) is 3.80. The maximum atomic E-state index is 12.7. The van der Waals surface area contributed by atoms with Crippen molar-refractivity contribution in [1.82, 2.24) is 0 Å². The average molecular weight is 495 g/mol. The molecule has 0 N–H and O–H groups in total. The monoisotopic (exact) mass is 494 g/mol. The molecule has 1 aromatic heterocycles. The van der Waals surface area contributed by atoms with Gasteiger partial charge in [-0.3, -0.25) is 4.79 Å². The van der Waals surface area contributed by atoms with Crippen molar-refractivity contribution in [2.75, 3.05) is 13.9 Å². The molecule has 0 spiro atoms. The lowest BCUT2D eigenvalue weighted by molar-refractivity contribution is -0.670. The molecule has 182 valence electrons. The summed E-state index contributed by atoms with van der Waals surface area (Å²) < 4.78 is 25.3. The number of hydrogen-bond donors (Lipinski definition) is 0. The van der Waals surface area contributed by atoms with Crippen LogP contribution in [0.1, 0.15) is 44.6 Å². The maximum absolute atomic E-state index is 12.7. The summed E-state index contributed by atoms with van der Waals surface area (Å²) in [6.45, 7) is 3.25. The molecule has 6 rings (SSSR count). The summed E-state index contributed by atoms with van der Waals surface area (Å²) in [6, 6.07) is 10.3. The highest BCUT2D eigenvalue weighted by atomic mass is 35.5. The molecule has 0 bridgehead atoms. The Kier molecular flexibility index (Phi) is 6.32. The molecule has 4 aromatic rings. The first-order valence-corrected chi connectivity index (χ1v) is 12.1. The Hall–Kier alpha value is -3.25. The summed E-state index contributed by atoms with van der Waals surface area (Å²) >= 11 is 0.